The van der Waals surface area contributed by atoms with Gasteiger partial charge in [-0.25, -0.2) is 0 Å². The first-order valence-corrected chi connectivity index (χ1v) is 9.95. The first kappa shape index (κ1) is 19.3. The molecular weight excluding hydrogens is 330 g/mol. The maximum absolute atomic E-state index is 4.28. The summed E-state index contributed by atoms with van der Waals surface area (Å²) in [7, 11) is 0. The molecule has 3 aromatic rings. The van der Waals surface area contributed by atoms with Crippen LogP contribution < -0.4 is 16.8 Å². The smallest absolute Gasteiger partial charge is 0.134 e. The molecule has 0 saturated heterocycles. The number of hydrogen-bond donors (Lipinski definition) is 3. The number of quaternary nitrogens is 3. The van der Waals surface area contributed by atoms with E-state index < -0.39 is 0 Å². The lowest BCUT2D eigenvalue weighted by atomic mass is 9.96. The Kier molecular flexibility index (Phi) is 7.17. The fraction of sp³-hybridized carbons (Fsp3) is 0.250. The molecule has 8 N–H and O–H groups in total. The van der Waals surface area contributed by atoms with E-state index in [4.69, 9.17) is 0 Å². The van der Waals surface area contributed by atoms with Crippen LogP contribution in [0.15, 0.2) is 78.9 Å². The summed E-state index contributed by atoms with van der Waals surface area (Å²) < 4.78 is 0. The summed E-state index contributed by atoms with van der Waals surface area (Å²) in [6.45, 7) is 3.05. The van der Waals surface area contributed by atoms with Crippen LogP contribution in [-0.2, 0) is 6.54 Å². The highest BCUT2D eigenvalue weighted by Gasteiger charge is 2.10. The Bertz CT molecular complexity index is 758. The quantitative estimate of drug-likeness (QED) is 0.519. The fourth-order valence-corrected chi connectivity index (χ4v) is 3.44. The summed E-state index contributed by atoms with van der Waals surface area (Å²) >= 11 is 0. The molecule has 0 saturated carbocycles. The van der Waals surface area contributed by atoms with Gasteiger partial charge in [-0.2, -0.15) is 0 Å². The molecule has 3 rings (SSSR count). The van der Waals surface area contributed by atoms with Gasteiger partial charge < -0.3 is 16.8 Å². The molecule has 0 amide bonds. The van der Waals surface area contributed by atoms with E-state index in [1.54, 1.807) is 0 Å². The standard InChI is InChI=1S/C24H29N3/c25-13-7-12-24(26)18-27-17-19-14-22(20-8-3-1-4-9-20)16-23(15-19)21-10-5-2-6-11-21/h1-6,8-11,14-16,24,27H,7,12-13,17-18,25-26H2/p+3/t24-/m0/s1. The van der Waals surface area contributed by atoms with Crippen LogP contribution in [0.5, 0.6) is 0 Å². The highest BCUT2D eigenvalue weighted by molar-refractivity contribution is 5.74. The molecule has 0 unspecified atom stereocenters. The maximum atomic E-state index is 4.28. The van der Waals surface area contributed by atoms with E-state index in [1.807, 2.05) is 0 Å². The third-order valence-electron chi connectivity index (χ3n) is 4.95. The Labute approximate surface area is 162 Å². The van der Waals surface area contributed by atoms with Crippen molar-refractivity contribution in [3.8, 4) is 22.3 Å². The predicted octanol–water partition coefficient (Wildman–Crippen LogP) is 1.72. The van der Waals surface area contributed by atoms with Crippen molar-refractivity contribution in [1.82, 2.24) is 0 Å². The highest BCUT2D eigenvalue weighted by atomic mass is 14.9. The van der Waals surface area contributed by atoms with Gasteiger partial charge >= 0.3 is 0 Å². The second-order valence-corrected chi connectivity index (χ2v) is 7.24. The van der Waals surface area contributed by atoms with E-state index >= 15 is 0 Å². The topological polar surface area (TPSA) is 71.9 Å². The first-order chi connectivity index (χ1) is 13.3. The van der Waals surface area contributed by atoms with Gasteiger partial charge in [0.05, 0.1) is 6.54 Å². The molecule has 0 radical (unpaired) electrons. The molecule has 0 aromatic heterocycles. The van der Waals surface area contributed by atoms with E-state index in [1.165, 1.54) is 40.7 Å². The van der Waals surface area contributed by atoms with Crippen molar-refractivity contribution in [2.24, 2.45) is 0 Å². The van der Waals surface area contributed by atoms with Gasteiger partial charge in [0.2, 0.25) is 0 Å². The van der Waals surface area contributed by atoms with Crippen molar-refractivity contribution in [3.63, 3.8) is 0 Å². The molecule has 27 heavy (non-hydrogen) atoms. The van der Waals surface area contributed by atoms with Crippen LogP contribution in [0.2, 0.25) is 0 Å². The molecule has 0 aliphatic rings. The SMILES string of the molecule is [NH3+]CCC[C@H]([NH3+])C[NH2+]Cc1cc(-c2ccccc2)cc(-c2ccccc2)c1. The minimum absolute atomic E-state index is 0.498. The number of hydrogen-bond acceptors (Lipinski definition) is 0. The Morgan fingerprint density at radius 2 is 1.30 bits per heavy atom. The summed E-state index contributed by atoms with van der Waals surface area (Å²) in [5.41, 5.74) is 14.7. The largest absolute Gasteiger partial charge is 0.358 e. The van der Waals surface area contributed by atoms with Crippen molar-refractivity contribution in [3.05, 3.63) is 84.4 Å². The van der Waals surface area contributed by atoms with Crippen molar-refractivity contribution >= 4 is 0 Å². The lowest BCUT2D eigenvalue weighted by Gasteiger charge is -2.11. The van der Waals surface area contributed by atoms with Gasteiger partial charge in [-0.15, -0.1) is 0 Å². The highest BCUT2D eigenvalue weighted by Crippen LogP contribution is 2.28. The summed E-state index contributed by atoms with van der Waals surface area (Å²) in [5, 5.41) is 2.39. The maximum Gasteiger partial charge on any atom is 0.134 e. The lowest BCUT2D eigenvalue weighted by Crippen LogP contribution is -2.89. The molecule has 0 aliphatic carbocycles. The molecule has 140 valence electrons. The summed E-state index contributed by atoms with van der Waals surface area (Å²) in [5.74, 6) is 0. The van der Waals surface area contributed by atoms with Gasteiger partial charge in [0, 0.05) is 18.4 Å². The second kappa shape index (κ2) is 10.0. The van der Waals surface area contributed by atoms with Gasteiger partial charge in [0.1, 0.15) is 19.1 Å². The number of nitrogens with two attached hydrogens (primary N) is 1. The van der Waals surface area contributed by atoms with Crippen LogP contribution in [0.1, 0.15) is 18.4 Å². The molecule has 3 heteroatoms. The van der Waals surface area contributed by atoms with Crippen LogP contribution in [0.4, 0.5) is 0 Å². The predicted molar refractivity (Wildman–Crippen MR) is 111 cm³/mol. The minimum Gasteiger partial charge on any atom is -0.358 e. The van der Waals surface area contributed by atoms with Gasteiger partial charge in [0.15, 0.2) is 0 Å². The Morgan fingerprint density at radius 1 is 0.741 bits per heavy atom. The van der Waals surface area contributed by atoms with Crippen molar-refractivity contribution in [2.45, 2.75) is 25.4 Å². The van der Waals surface area contributed by atoms with Crippen molar-refractivity contribution < 1.29 is 16.8 Å². The van der Waals surface area contributed by atoms with Crippen LogP contribution in [0, 0.1) is 0 Å². The first-order valence-electron chi connectivity index (χ1n) is 9.95. The van der Waals surface area contributed by atoms with Gasteiger partial charge in [-0.1, -0.05) is 60.7 Å². The van der Waals surface area contributed by atoms with Crippen LogP contribution in [0.3, 0.4) is 0 Å². The zero-order valence-electron chi connectivity index (χ0n) is 16.1. The van der Waals surface area contributed by atoms with E-state index in [0.29, 0.717) is 6.04 Å². The molecule has 0 spiro atoms. The number of benzene rings is 3. The monoisotopic (exact) mass is 362 g/mol. The average Bonchev–Trinajstić information content (AvgIpc) is 2.73. The summed E-state index contributed by atoms with van der Waals surface area (Å²) in [4.78, 5) is 0. The summed E-state index contributed by atoms with van der Waals surface area (Å²) in [6.07, 6.45) is 2.34. The van der Waals surface area contributed by atoms with E-state index in [-0.39, 0.29) is 0 Å². The van der Waals surface area contributed by atoms with E-state index in [9.17, 15) is 0 Å². The normalized spacial score (nSPS) is 12.1. The Morgan fingerprint density at radius 3 is 1.81 bits per heavy atom. The molecule has 0 aliphatic heterocycles. The summed E-state index contributed by atoms with van der Waals surface area (Å²) in [6, 6.07) is 28.7. The number of rotatable bonds is 9. The van der Waals surface area contributed by atoms with E-state index in [2.05, 4.69) is 95.6 Å². The zero-order chi connectivity index (χ0) is 18.9. The minimum atomic E-state index is 0.498. The lowest BCUT2D eigenvalue weighted by molar-refractivity contribution is -0.694. The molecule has 0 bridgehead atoms. The van der Waals surface area contributed by atoms with Crippen molar-refractivity contribution in [2.75, 3.05) is 13.1 Å². The molecule has 3 nitrogen and oxygen atoms in total. The molecular formula is C24H32N3+3. The van der Waals surface area contributed by atoms with Crippen molar-refractivity contribution in [1.29, 1.82) is 0 Å². The molecule has 0 heterocycles. The van der Waals surface area contributed by atoms with Gasteiger partial charge in [-0.05, 0) is 40.5 Å². The molecule has 0 fully saturated rings. The third-order valence-corrected chi connectivity index (χ3v) is 4.95. The van der Waals surface area contributed by atoms with Crippen LogP contribution in [-0.4, -0.2) is 19.1 Å². The molecule has 3 aromatic carbocycles. The van der Waals surface area contributed by atoms with Crippen LogP contribution >= 0.6 is 0 Å². The van der Waals surface area contributed by atoms with Gasteiger partial charge in [-0.3, -0.25) is 0 Å². The molecule has 1 atom stereocenters. The third kappa shape index (κ3) is 5.76. The fourth-order valence-electron chi connectivity index (χ4n) is 3.44. The zero-order valence-corrected chi connectivity index (χ0v) is 16.1. The second-order valence-electron chi connectivity index (χ2n) is 7.24. The van der Waals surface area contributed by atoms with Gasteiger partial charge in [0.25, 0.3) is 0 Å². The Balaban J connectivity index is 1.80. The average molecular weight is 363 g/mol. The Hall–Kier alpha value is -2.46. The van der Waals surface area contributed by atoms with E-state index in [0.717, 1.165) is 19.6 Å². The van der Waals surface area contributed by atoms with Crippen LogP contribution in [0.25, 0.3) is 22.3 Å².